The molecule has 0 bridgehead atoms. The number of hydrogen-bond donors (Lipinski definition) is 2. The molecule has 0 fully saturated rings. The van der Waals surface area contributed by atoms with Gasteiger partial charge in [-0.05, 0) is 35.9 Å². The van der Waals surface area contributed by atoms with Gasteiger partial charge in [0, 0.05) is 23.2 Å². The summed E-state index contributed by atoms with van der Waals surface area (Å²) in [6.45, 7) is 0. The van der Waals surface area contributed by atoms with Gasteiger partial charge in [-0.25, -0.2) is 4.39 Å². The highest BCUT2D eigenvalue weighted by Crippen LogP contribution is 2.29. The van der Waals surface area contributed by atoms with Crippen LogP contribution in [0.5, 0.6) is 11.5 Å². The van der Waals surface area contributed by atoms with Gasteiger partial charge in [0.1, 0.15) is 17.3 Å². The quantitative estimate of drug-likeness (QED) is 0.753. The van der Waals surface area contributed by atoms with Gasteiger partial charge in [0.25, 0.3) is 0 Å². The molecule has 5 nitrogen and oxygen atoms in total. The zero-order valence-electron chi connectivity index (χ0n) is 13.4. The summed E-state index contributed by atoms with van der Waals surface area (Å²) in [6.07, 6.45) is 1.84. The number of carbonyl (C=O) groups is 1. The second kappa shape index (κ2) is 6.62. The molecule has 0 aliphatic heterocycles. The summed E-state index contributed by atoms with van der Waals surface area (Å²) in [4.78, 5) is 15.4. The number of amides is 1. The topological polar surface area (TPSA) is 63.3 Å². The zero-order valence-corrected chi connectivity index (χ0v) is 13.4. The Balaban J connectivity index is 1.79. The number of ether oxygens (including phenoxy) is 2. The Bertz CT molecular complexity index is 889. The normalized spacial score (nSPS) is 10.6. The van der Waals surface area contributed by atoms with Gasteiger partial charge in [-0.1, -0.05) is 0 Å². The van der Waals surface area contributed by atoms with Crippen LogP contribution in [0.1, 0.15) is 5.56 Å². The summed E-state index contributed by atoms with van der Waals surface area (Å²) < 4.78 is 23.8. The summed E-state index contributed by atoms with van der Waals surface area (Å²) in [5, 5.41) is 3.50. The van der Waals surface area contributed by atoms with Crippen LogP contribution in [-0.2, 0) is 11.2 Å². The number of methoxy groups -OCH3 is 2. The van der Waals surface area contributed by atoms with Crippen molar-refractivity contribution in [3.8, 4) is 11.5 Å². The second-order valence-corrected chi connectivity index (χ2v) is 5.29. The maximum absolute atomic E-state index is 13.4. The number of halogens is 1. The first-order valence-electron chi connectivity index (χ1n) is 7.38. The Morgan fingerprint density at radius 1 is 1.17 bits per heavy atom. The van der Waals surface area contributed by atoms with Gasteiger partial charge in [-0.15, -0.1) is 0 Å². The molecule has 0 radical (unpaired) electrons. The summed E-state index contributed by atoms with van der Waals surface area (Å²) in [7, 11) is 3.08. The molecule has 3 rings (SSSR count). The van der Waals surface area contributed by atoms with Crippen molar-refractivity contribution in [1.82, 2.24) is 4.98 Å². The first kappa shape index (κ1) is 15.9. The highest BCUT2D eigenvalue weighted by molar-refractivity contribution is 5.96. The maximum Gasteiger partial charge on any atom is 0.228 e. The van der Waals surface area contributed by atoms with Crippen LogP contribution >= 0.6 is 0 Å². The van der Waals surface area contributed by atoms with Crippen molar-refractivity contribution in [2.24, 2.45) is 0 Å². The number of H-pyrrole nitrogens is 1. The third-order valence-electron chi connectivity index (χ3n) is 3.76. The number of nitrogens with one attached hydrogen (secondary N) is 2. The van der Waals surface area contributed by atoms with E-state index in [0.29, 0.717) is 22.6 Å². The van der Waals surface area contributed by atoms with E-state index in [1.54, 1.807) is 37.6 Å². The standard InChI is InChI=1S/C18H17FN2O3/c1-23-13-4-6-16(17(9-13)24-2)21-18(22)7-11-10-20-15-5-3-12(19)8-14(11)15/h3-6,8-10,20H,7H2,1-2H3,(H,21,22). The van der Waals surface area contributed by atoms with Gasteiger partial charge in [-0.2, -0.15) is 0 Å². The zero-order chi connectivity index (χ0) is 17.1. The molecule has 0 saturated carbocycles. The minimum absolute atomic E-state index is 0.124. The molecular weight excluding hydrogens is 311 g/mol. The van der Waals surface area contributed by atoms with Gasteiger partial charge in [-0.3, -0.25) is 4.79 Å². The largest absolute Gasteiger partial charge is 0.497 e. The van der Waals surface area contributed by atoms with E-state index in [1.807, 2.05) is 0 Å². The Kier molecular flexibility index (Phi) is 4.37. The van der Waals surface area contributed by atoms with Crippen molar-refractivity contribution < 1.29 is 18.7 Å². The van der Waals surface area contributed by atoms with Crippen molar-refractivity contribution in [2.75, 3.05) is 19.5 Å². The molecule has 0 aliphatic rings. The molecule has 0 saturated heterocycles. The highest BCUT2D eigenvalue weighted by Gasteiger charge is 2.12. The van der Waals surface area contributed by atoms with Gasteiger partial charge >= 0.3 is 0 Å². The van der Waals surface area contributed by atoms with Crippen LogP contribution in [0, 0.1) is 5.82 Å². The molecule has 0 aliphatic carbocycles. The summed E-state index contributed by atoms with van der Waals surface area (Å²) in [6, 6.07) is 9.59. The fourth-order valence-corrected chi connectivity index (χ4v) is 2.57. The molecule has 6 heteroatoms. The molecule has 0 spiro atoms. The lowest BCUT2D eigenvalue weighted by atomic mass is 10.1. The van der Waals surface area contributed by atoms with Crippen molar-refractivity contribution in [3.05, 3.63) is 54.0 Å². The number of anilines is 1. The maximum atomic E-state index is 13.4. The van der Waals surface area contributed by atoms with Gasteiger partial charge < -0.3 is 19.8 Å². The van der Waals surface area contributed by atoms with E-state index in [4.69, 9.17) is 9.47 Å². The number of aromatic amines is 1. The van der Waals surface area contributed by atoms with E-state index < -0.39 is 0 Å². The van der Waals surface area contributed by atoms with Crippen LogP contribution in [-0.4, -0.2) is 25.1 Å². The fraction of sp³-hybridized carbons (Fsp3) is 0.167. The Morgan fingerprint density at radius 3 is 2.75 bits per heavy atom. The molecule has 1 aromatic heterocycles. The third-order valence-corrected chi connectivity index (χ3v) is 3.76. The molecule has 0 atom stereocenters. The minimum Gasteiger partial charge on any atom is -0.497 e. The lowest BCUT2D eigenvalue weighted by Crippen LogP contribution is -2.14. The smallest absolute Gasteiger partial charge is 0.228 e. The monoisotopic (exact) mass is 328 g/mol. The van der Waals surface area contributed by atoms with Gasteiger partial charge in [0.15, 0.2) is 0 Å². The number of aromatic nitrogens is 1. The number of rotatable bonds is 5. The number of hydrogen-bond acceptors (Lipinski definition) is 3. The first-order chi connectivity index (χ1) is 11.6. The van der Waals surface area contributed by atoms with Crippen LogP contribution in [0.3, 0.4) is 0 Å². The molecular formula is C18H17FN2O3. The highest BCUT2D eigenvalue weighted by atomic mass is 19.1. The predicted octanol–water partition coefficient (Wildman–Crippen LogP) is 3.51. The molecule has 2 aromatic carbocycles. The van der Waals surface area contributed by atoms with Crippen LogP contribution in [0.25, 0.3) is 10.9 Å². The Hall–Kier alpha value is -3.02. The lowest BCUT2D eigenvalue weighted by Gasteiger charge is -2.11. The van der Waals surface area contributed by atoms with Crippen LogP contribution in [0.4, 0.5) is 10.1 Å². The van der Waals surface area contributed by atoms with E-state index in [9.17, 15) is 9.18 Å². The minimum atomic E-state index is -0.333. The number of fused-ring (bicyclic) bond motifs is 1. The molecule has 1 amide bonds. The Morgan fingerprint density at radius 2 is 2.00 bits per heavy atom. The molecule has 124 valence electrons. The van der Waals surface area contributed by atoms with Gasteiger partial charge in [0.05, 0.1) is 26.3 Å². The number of benzene rings is 2. The fourth-order valence-electron chi connectivity index (χ4n) is 2.57. The van der Waals surface area contributed by atoms with Crippen LogP contribution in [0.2, 0.25) is 0 Å². The first-order valence-corrected chi connectivity index (χ1v) is 7.38. The van der Waals surface area contributed by atoms with E-state index in [-0.39, 0.29) is 18.1 Å². The molecule has 3 aromatic rings. The van der Waals surface area contributed by atoms with E-state index in [2.05, 4.69) is 10.3 Å². The van der Waals surface area contributed by atoms with E-state index in [1.165, 1.54) is 19.2 Å². The Labute approximate surface area is 138 Å². The summed E-state index contributed by atoms with van der Waals surface area (Å²) in [5.74, 6) is 0.592. The molecule has 24 heavy (non-hydrogen) atoms. The van der Waals surface area contributed by atoms with Crippen molar-refractivity contribution in [3.63, 3.8) is 0 Å². The van der Waals surface area contributed by atoms with E-state index in [0.717, 1.165) is 11.1 Å². The summed E-state index contributed by atoms with van der Waals surface area (Å²) in [5.41, 5.74) is 2.07. The van der Waals surface area contributed by atoms with Crippen molar-refractivity contribution >= 4 is 22.5 Å². The summed E-state index contributed by atoms with van der Waals surface area (Å²) >= 11 is 0. The average Bonchev–Trinajstić information content (AvgIpc) is 2.97. The second-order valence-electron chi connectivity index (χ2n) is 5.29. The average molecular weight is 328 g/mol. The lowest BCUT2D eigenvalue weighted by molar-refractivity contribution is -0.115. The predicted molar refractivity (Wildman–Crippen MR) is 90.1 cm³/mol. The third kappa shape index (κ3) is 3.17. The molecule has 0 unspecified atom stereocenters. The van der Waals surface area contributed by atoms with Crippen molar-refractivity contribution in [1.29, 1.82) is 0 Å². The molecule has 2 N–H and O–H groups in total. The van der Waals surface area contributed by atoms with Crippen LogP contribution in [0.15, 0.2) is 42.6 Å². The van der Waals surface area contributed by atoms with E-state index >= 15 is 0 Å². The SMILES string of the molecule is COc1ccc(NC(=O)Cc2c[nH]c3ccc(F)cc23)c(OC)c1. The number of carbonyl (C=O) groups excluding carboxylic acids is 1. The van der Waals surface area contributed by atoms with Crippen LogP contribution < -0.4 is 14.8 Å². The molecule has 1 heterocycles. The van der Waals surface area contributed by atoms with Gasteiger partial charge in [0.2, 0.25) is 5.91 Å². The van der Waals surface area contributed by atoms with Crippen molar-refractivity contribution in [2.45, 2.75) is 6.42 Å².